The average molecular weight is 362 g/mol. The van der Waals surface area contributed by atoms with E-state index in [1.54, 1.807) is 23.9 Å². The molecule has 0 bridgehead atoms. The molecule has 1 aromatic heterocycles. The maximum atomic E-state index is 14.5. The molecular weight excluding hydrogens is 341 g/mol. The second kappa shape index (κ2) is 7.02. The largest absolute Gasteiger partial charge is 0.348 e. The number of anilines is 1. The van der Waals surface area contributed by atoms with Crippen molar-refractivity contribution in [2.75, 3.05) is 5.32 Å². The quantitative estimate of drug-likeness (QED) is 0.738. The minimum absolute atomic E-state index is 0.0933. The Balaban J connectivity index is 1.89. The molecule has 1 aliphatic carbocycles. The molecule has 1 N–H and O–H groups in total. The molecule has 1 aromatic carbocycles. The van der Waals surface area contributed by atoms with E-state index >= 15 is 0 Å². The standard InChI is InChI=1S/C20H21F3N2O/c1-3-18(26)24-15-10-16-14(12-25(2)19(16)17(21)11-15)5-4-13-6-8-20(22,23)9-7-13/h3-5,10-13H,1,6-9H2,2H3,(H,24,26)/b5-4+. The molecule has 0 spiro atoms. The number of alkyl halides is 2. The van der Waals surface area contributed by atoms with Crippen molar-refractivity contribution in [2.45, 2.75) is 31.6 Å². The molecule has 0 aliphatic heterocycles. The number of rotatable bonds is 4. The summed E-state index contributed by atoms with van der Waals surface area (Å²) in [6.45, 7) is 3.38. The molecule has 138 valence electrons. The number of fused-ring (bicyclic) bond motifs is 1. The number of nitrogens with zero attached hydrogens (tertiary/aromatic N) is 1. The van der Waals surface area contributed by atoms with Crippen LogP contribution in [0.5, 0.6) is 0 Å². The van der Waals surface area contributed by atoms with Crippen molar-refractivity contribution in [3.05, 3.63) is 48.4 Å². The summed E-state index contributed by atoms with van der Waals surface area (Å²) in [5.41, 5.74) is 1.56. The highest BCUT2D eigenvalue weighted by molar-refractivity contribution is 6.01. The Morgan fingerprint density at radius 3 is 2.69 bits per heavy atom. The molecule has 3 nitrogen and oxygen atoms in total. The molecule has 1 aliphatic rings. The van der Waals surface area contributed by atoms with Crippen molar-refractivity contribution in [3.8, 4) is 0 Å². The molecular formula is C20H21F3N2O. The Hall–Kier alpha value is -2.50. The van der Waals surface area contributed by atoms with Gasteiger partial charge in [0.15, 0.2) is 0 Å². The van der Waals surface area contributed by atoms with Gasteiger partial charge in [0.25, 0.3) is 0 Å². The van der Waals surface area contributed by atoms with Crippen LogP contribution in [0.2, 0.25) is 0 Å². The summed E-state index contributed by atoms with van der Waals surface area (Å²) >= 11 is 0. The number of halogens is 3. The zero-order chi connectivity index (χ0) is 18.9. The van der Waals surface area contributed by atoms with Crippen LogP contribution in [0.3, 0.4) is 0 Å². The van der Waals surface area contributed by atoms with Crippen LogP contribution in [0.15, 0.2) is 37.1 Å². The minimum Gasteiger partial charge on any atom is -0.348 e. The Morgan fingerprint density at radius 2 is 2.04 bits per heavy atom. The Bertz CT molecular complexity index is 873. The number of amides is 1. The number of hydrogen-bond donors (Lipinski definition) is 1. The van der Waals surface area contributed by atoms with Gasteiger partial charge in [-0.1, -0.05) is 18.7 Å². The summed E-state index contributed by atoms with van der Waals surface area (Å²) in [6, 6.07) is 2.97. The number of benzene rings is 1. The summed E-state index contributed by atoms with van der Waals surface area (Å²) in [5, 5.41) is 3.22. The van der Waals surface area contributed by atoms with E-state index in [1.165, 1.54) is 6.07 Å². The molecule has 3 rings (SSSR count). The molecule has 0 radical (unpaired) electrons. The van der Waals surface area contributed by atoms with Crippen LogP contribution in [0.4, 0.5) is 18.9 Å². The number of carbonyl (C=O) groups is 1. The highest BCUT2D eigenvalue weighted by Gasteiger charge is 2.33. The van der Waals surface area contributed by atoms with Crippen LogP contribution in [0.25, 0.3) is 17.0 Å². The van der Waals surface area contributed by atoms with Gasteiger partial charge in [0.1, 0.15) is 5.82 Å². The minimum atomic E-state index is -2.55. The molecule has 1 saturated carbocycles. The lowest BCUT2D eigenvalue weighted by Gasteiger charge is -2.26. The summed E-state index contributed by atoms with van der Waals surface area (Å²) < 4.78 is 42.7. The van der Waals surface area contributed by atoms with Gasteiger partial charge in [-0.25, -0.2) is 13.2 Å². The number of nitrogens with one attached hydrogen (secondary N) is 1. The molecule has 1 amide bonds. The second-order valence-electron chi connectivity index (χ2n) is 6.80. The molecule has 0 unspecified atom stereocenters. The second-order valence-corrected chi connectivity index (χ2v) is 6.80. The number of carbonyl (C=O) groups excluding carboxylic acids is 1. The van der Waals surface area contributed by atoms with E-state index in [1.807, 2.05) is 12.2 Å². The smallest absolute Gasteiger partial charge is 0.248 e. The average Bonchev–Trinajstić information content (AvgIpc) is 2.90. The van der Waals surface area contributed by atoms with Crippen LogP contribution in [-0.2, 0) is 11.8 Å². The van der Waals surface area contributed by atoms with Crippen LogP contribution in [0.1, 0.15) is 31.2 Å². The Morgan fingerprint density at radius 1 is 1.35 bits per heavy atom. The van der Waals surface area contributed by atoms with Gasteiger partial charge < -0.3 is 9.88 Å². The van der Waals surface area contributed by atoms with E-state index < -0.39 is 17.6 Å². The third-order valence-electron chi connectivity index (χ3n) is 4.82. The number of allylic oxidation sites excluding steroid dienone is 1. The van der Waals surface area contributed by atoms with Crippen molar-refractivity contribution in [2.24, 2.45) is 13.0 Å². The first-order chi connectivity index (χ1) is 12.3. The van der Waals surface area contributed by atoms with Gasteiger partial charge in [0.05, 0.1) is 5.52 Å². The zero-order valence-corrected chi connectivity index (χ0v) is 14.6. The van der Waals surface area contributed by atoms with Crippen molar-refractivity contribution in [3.63, 3.8) is 0 Å². The number of aryl methyl sites for hydroxylation is 1. The van der Waals surface area contributed by atoms with Crippen molar-refractivity contribution in [1.29, 1.82) is 0 Å². The third-order valence-corrected chi connectivity index (χ3v) is 4.82. The first-order valence-electron chi connectivity index (χ1n) is 8.57. The fourth-order valence-corrected chi connectivity index (χ4v) is 3.41. The highest BCUT2D eigenvalue weighted by atomic mass is 19.3. The Labute approximate surface area is 150 Å². The lowest BCUT2D eigenvalue weighted by molar-refractivity contribution is -0.111. The van der Waals surface area contributed by atoms with Gasteiger partial charge in [-0.05, 0) is 42.5 Å². The van der Waals surface area contributed by atoms with E-state index in [0.29, 0.717) is 29.4 Å². The predicted octanol–water partition coefficient (Wildman–Crippen LogP) is 5.28. The maximum Gasteiger partial charge on any atom is 0.248 e. The van der Waals surface area contributed by atoms with Crippen LogP contribution < -0.4 is 5.32 Å². The summed E-state index contributed by atoms with van der Waals surface area (Å²) in [4.78, 5) is 11.5. The van der Waals surface area contributed by atoms with E-state index in [9.17, 15) is 18.0 Å². The van der Waals surface area contributed by atoms with Crippen molar-refractivity contribution in [1.82, 2.24) is 4.57 Å². The zero-order valence-electron chi connectivity index (χ0n) is 14.6. The number of hydrogen-bond acceptors (Lipinski definition) is 1. The number of aromatic nitrogens is 1. The van der Waals surface area contributed by atoms with Crippen LogP contribution in [0, 0.1) is 11.7 Å². The monoisotopic (exact) mass is 362 g/mol. The fraction of sp³-hybridized carbons (Fsp3) is 0.350. The molecule has 2 aromatic rings. The maximum absolute atomic E-state index is 14.5. The summed E-state index contributed by atoms with van der Waals surface area (Å²) in [6.07, 6.45) is 7.40. The molecule has 1 fully saturated rings. The van der Waals surface area contributed by atoms with Gasteiger partial charge in [-0.15, -0.1) is 0 Å². The lowest BCUT2D eigenvalue weighted by atomic mass is 9.86. The molecule has 26 heavy (non-hydrogen) atoms. The molecule has 1 heterocycles. The fourth-order valence-electron chi connectivity index (χ4n) is 3.41. The van der Waals surface area contributed by atoms with E-state index in [4.69, 9.17) is 0 Å². The molecule has 0 atom stereocenters. The van der Waals surface area contributed by atoms with Gasteiger partial charge in [0.2, 0.25) is 11.8 Å². The summed E-state index contributed by atoms with van der Waals surface area (Å²) in [7, 11) is 1.74. The van der Waals surface area contributed by atoms with E-state index in [-0.39, 0.29) is 18.8 Å². The Kier molecular flexibility index (Phi) is 4.94. The van der Waals surface area contributed by atoms with Crippen LogP contribution >= 0.6 is 0 Å². The van der Waals surface area contributed by atoms with E-state index in [0.717, 1.165) is 11.6 Å². The lowest BCUT2D eigenvalue weighted by Crippen LogP contribution is -2.23. The first-order valence-corrected chi connectivity index (χ1v) is 8.57. The van der Waals surface area contributed by atoms with Gasteiger partial charge >= 0.3 is 0 Å². The first kappa shape index (κ1) is 18.3. The normalized spacial score (nSPS) is 17.7. The molecule has 6 heteroatoms. The van der Waals surface area contributed by atoms with E-state index in [2.05, 4.69) is 11.9 Å². The van der Waals surface area contributed by atoms with Gasteiger partial charge in [0, 0.05) is 37.2 Å². The topological polar surface area (TPSA) is 34.0 Å². The summed E-state index contributed by atoms with van der Waals surface area (Å²) in [5.74, 6) is -3.31. The van der Waals surface area contributed by atoms with Crippen molar-refractivity contribution < 1.29 is 18.0 Å². The van der Waals surface area contributed by atoms with Crippen molar-refractivity contribution >= 4 is 28.6 Å². The SMILES string of the molecule is C=CC(=O)Nc1cc(F)c2c(c1)c(/C=C/C1CCC(F)(F)CC1)cn2C. The highest BCUT2D eigenvalue weighted by Crippen LogP contribution is 2.37. The van der Waals surface area contributed by atoms with Gasteiger partial charge in [-0.3, -0.25) is 4.79 Å². The predicted molar refractivity (Wildman–Crippen MR) is 97.6 cm³/mol. The third kappa shape index (κ3) is 3.84. The van der Waals surface area contributed by atoms with Gasteiger partial charge in [-0.2, -0.15) is 0 Å². The van der Waals surface area contributed by atoms with Crippen LogP contribution in [-0.4, -0.2) is 16.4 Å². The molecule has 0 saturated heterocycles.